The van der Waals surface area contributed by atoms with Gasteiger partial charge in [-0.2, -0.15) is 13.2 Å². The smallest absolute Gasteiger partial charge is 0.768 e. The predicted molar refractivity (Wildman–Crippen MR) is 46.3 cm³/mol. The van der Waals surface area contributed by atoms with Crippen molar-refractivity contribution in [1.29, 1.82) is 0 Å². The molecule has 1 aromatic rings. The molecule has 1 rings (SSSR count). The molecule has 0 aliphatic rings. The zero-order valence-corrected chi connectivity index (χ0v) is 11.9. The summed E-state index contributed by atoms with van der Waals surface area (Å²) in [6.07, 6.45) is -4.47. The summed E-state index contributed by atoms with van der Waals surface area (Å²) < 4.78 is 57.2. The normalized spacial score (nSPS) is 13.1. The maximum Gasteiger partial charge on any atom is 1.00 e. The summed E-state index contributed by atoms with van der Waals surface area (Å²) in [5.74, 6) is 0. The van der Waals surface area contributed by atoms with Gasteiger partial charge < -0.3 is 4.55 Å². The van der Waals surface area contributed by atoms with E-state index in [4.69, 9.17) is 0 Å². The molecule has 0 saturated carbocycles. The summed E-state index contributed by atoms with van der Waals surface area (Å²) in [4.78, 5) is -0.196. The molecule has 0 spiro atoms. The molecule has 0 aliphatic carbocycles. The third-order valence-electron chi connectivity index (χ3n) is 1.44. The van der Waals surface area contributed by atoms with Crippen molar-refractivity contribution in [1.82, 2.24) is 0 Å². The van der Waals surface area contributed by atoms with Crippen molar-refractivity contribution in [3.63, 3.8) is 0 Å². The molecule has 0 radical (unpaired) electrons. The van der Waals surface area contributed by atoms with Crippen LogP contribution in [-0.4, -0.2) is 8.76 Å². The Labute approximate surface area is 117 Å². The summed E-state index contributed by atoms with van der Waals surface area (Å²) in [5, 5.41) is 0. The van der Waals surface area contributed by atoms with Crippen LogP contribution in [0, 0.1) is 0 Å². The van der Waals surface area contributed by atoms with E-state index in [-0.39, 0.29) is 38.9 Å². The SMILES string of the molecule is O=S([O-])c1ccc(C(F)(F)F)cc1Br.[Na+]. The average Bonchev–Trinajstić information content (AvgIpc) is 2.01. The van der Waals surface area contributed by atoms with Crippen LogP contribution in [0.25, 0.3) is 0 Å². The zero-order chi connectivity index (χ0) is 10.9. The first-order valence-electron chi connectivity index (χ1n) is 3.28. The second kappa shape index (κ2) is 5.79. The molecule has 1 aromatic carbocycles. The van der Waals surface area contributed by atoms with Crippen LogP contribution in [0.5, 0.6) is 0 Å². The average molecular weight is 311 g/mol. The van der Waals surface area contributed by atoms with Crippen molar-refractivity contribution < 1.29 is 51.5 Å². The topological polar surface area (TPSA) is 40.1 Å². The molecule has 15 heavy (non-hydrogen) atoms. The summed E-state index contributed by atoms with van der Waals surface area (Å²) >= 11 is 0.207. The van der Waals surface area contributed by atoms with Crippen LogP contribution >= 0.6 is 15.9 Å². The van der Waals surface area contributed by atoms with E-state index >= 15 is 0 Å². The van der Waals surface area contributed by atoms with Crippen molar-refractivity contribution in [2.45, 2.75) is 11.1 Å². The Morgan fingerprint density at radius 3 is 2.20 bits per heavy atom. The minimum atomic E-state index is -4.47. The Morgan fingerprint density at radius 2 is 1.87 bits per heavy atom. The van der Waals surface area contributed by atoms with Crippen LogP contribution in [-0.2, 0) is 17.3 Å². The van der Waals surface area contributed by atoms with Crippen molar-refractivity contribution in [3.05, 3.63) is 28.2 Å². The van der Waals surface area contributed by atoms with Crippen molar-refractivity contribution >= 4 is 27.0 Å². The monoisotopic (exact) mass is 310 g/mol. The molecule has 0 aliphatic heterocycles. The van der Waals surface area contributed by atoms with E-state index in [1.165, 1.54) is 0 Å². The van der Waals surface area contributed by atoms with E-state index in [1.54, 1.807) is 0 Å². The van der Waals surface area contributed by atoms with Crippen LogP contribution in [0.3, 0.4) is 0 Å². The molecule has 0 bridgehead atoms. The number of hydrogen-bond donors (Lipinski definition) is 0. The van der Waals surface area contributed by atoms with Crippen LogP contribution in [0.2, 0.25) is 0 Å². The van der Waals surface area contributed by atoms with E-state index in [9.17, 15) is 21.9 Å². The summed E-state index contributed by atoms with van der Waals surface area (Å²) in [5.41, 5.74) is -0.890. The first kappa shape index (κ1) is 15.6. The second-order valence-corrected chi connectivity index (χ2v) is 4.14. The van der Waals surface area contributed by atoms with E-state index in [0.717, 1.165) is 18.2 Å². The molecule has 0 heterocycles. The predicted octanol–water partition coefficient (Wildman–Crippen LogP) is -0.290. The Balaban J connectivity index is 0.00000196. The fourth-order valence-electron chi connectivity index (χ4n) is 0.812. The van der Waals surface area contributed by atoms with Crippen molar-refractivity contribution in [2.24, 2.45) is 0 Å². The van der Waals surface area contributed by atoms with Gasteiger partial charge in [0.2, 0.25) is 0 Å². The zero-order valence-electron chi connectivity index (χ0n) is 7.47. The van der Waals surface area contributed by atoms with Gasteiger partial charge in [-0.1, -0.05) is 0 Å². The molecule has 0 aromatic heterocycles. The fourth-order valence-corrected chi connectivity index (χ4v) is 1.98. The minimum Gasteiger partial charge on any atom is -0.768 e. The Bertz CT molecular complexity index is 383. The molecule has 0 N–H and O–H groups in total. The van der Waals surface area contributed by atoms with Gasteiger partial charge in [0.05, 0.1) is 5.56 Å². The number of hydrogen-bond acceptors (Lipinski definition) is 2. The van der Waals surface area contributed by atoms with E-state index in [0.29, 0.717) is 0 Å². The minimum absolute atomic E-state index is 0. The Morgan fingerprint density at radius 1 is 1.33 bits per heavy atom. The van der Waals surface area contributed by atoms with Gasteiger partial charge in [0.1, 0.15) is 0 Å². The van der Waals surface area contributed by atoms with Gasteiger partial charge in [0.25, 0.3) is 0 Å². The van der Waals surface area contributed by atoms with Crippen LogP contribution in [0.15, 0.2) is 27.6 Å². The summed E-state index contributed by atoms with van der Waals surface area (Å²) in [6.45, 7) is 0. The molecular formula is C7H3BrF3NaO2S. The first-order chi connectivity index (χ1) is 6.32. The third-order valence-corrected chi connectivity index (χ3v) is 3.07. The quantitative estimate of drug-likeness (QED) is 0.528. The number of rotatable bonds is 1. The number of alkyl halides is 3. The van der Waals surface area contributed by atoms with Crippen LogP contribution < -0.4 is 29.6 Å². The Hall–Kier alpha value is 0.600. The van der Waals surface area contributed by atoms with E-state index < -0.39 is 22.8 Å². The molecule has 0 amide bonds. The van der Waals surface area contributed by atoms with E-state index in [2.05, 4.69) is 15.9 Å². The summed E-state index contributed by atoms with van der Waals surface area (Å²) in [7, 11) is 0. The summed E-state index contributed by atoms with van der Waals surface area (Å²) in [6, 6.07) is 2.34. The molecule has 0 saturated heterocycles. The van der Waals surface area contributed by atoms with Gasteiger partial charge in [-0.3, -0.25) is 4.21 Å². The molecule has 8 heteroatoms. The molecule has 1 unspecified atom stereocenters. The molecular weight excluding hydrogens is 308 g/mol. The van der Waals surface area contributed by atoms with Crippen LogP contribution in [0.1, 0.15) is 5.56 Å². The third kappa shape index (κ3) is 4.16. The molecule has 78 valence electrons. The maximum absolute atomic E-state index is 12.1. The van der Waals surface area contributed by atoms with Gasteiger partial charge in [-0.05, 0) is 45.2 Å². The maximum atomic E-state index is 12.1. The van der Waals surface area contributed by atoms with Crippen molar-refractivity contribution in [2.75, 3.05) is 0 Å². The van der Waals surface area contributed by atoms with Gasteiger partial charge in [0, 0.05) is 9.37 Å². The van der Waals surface area contributed by atoms with Gasteiger partial charge in [0.15, 0.2) is 0 Å². The molecule has 2 nitrogen and oxygen atoms in total. The van der Waals surface area contributed by atoms with Gasteiger partial charge in [-0.25, -0.2) is 0 Å². The molecule has 0 fully saturated rings. The van der Waals surface area contributed by atoms with Crippen molar-refractivity contribution in [3.8, 4) is 0 Å². The largest absolute Gasteiger partial charge is 1.00 e. The standard InChI is InChI=1S/C7H4BrF3O2S.Na/c8-5-3-4(7(9,10)11)1-2-6(5)14(12)13;/h1-3H,(H,12,13);/q;+1/p-1. The number of halogens is 4. The first-order valence-corrected chi connectivity index (χ1v) is 5.15. The second-order valence-electron chi connectivity index (χ2n) is 2.38. The Kier molecular flexibility index (Phi) is 6.02. The molecule has 1 atom stereocenters. The van der Waals surface area contributed by atoms with E-state index in [1.807, 2.05) is 0 Å². The fraction of sp³-hybridized carbons (Fsp3) is 0.143. The van der Waals surface area contributed by atoms with Gasteiger partial charge >= 0.3 is 35.7 Å². The van der Waals surface area contributed by atoms with Crippen LogP contribution in [0.4, 0.5) is 13.2 Å². The number of benzene rings is 1. The van der Waals surface area contributed by atoms with Gasteiger partial charge in [-0.15, -0.1) is 0 Å².